The zero-order valence-electron chi connectivity index (χ0n) is 19.8. The van der Waals surface area contributed by atoms with E-state index in [0.717, 1.165) is 11.8 Å². The van der Waals surface area contributed by atoms with E-state index in [0.29, 0.717) is 10.8 Å². The van der Waals surface area contributed by atoms with Crippen LogP contribution in [0.2, 0.25) is 0 Å². The van der Waals surface area contributed by atoms with Gasteiger partial charge >= 0.3 is 0 Å². The fourth-order valence-corrected chi connectivity index (χ4v) is 7.01. The summed E-state index contributed by atoms with van der Waals surface area (Å²) in [6.45, 7) is 4.58. The number of benzene rings is 1. The Labute approximate surface area is 186 Å². The summed E-state index contributed by atoms with van der Waals surface area (Å²) in [4.78, 5) is 0. The maximum Gasteiger partial charge on any atom is 0.0319 e. The van der Waals surface area contributed by atoms with Crippen LogP contribution in [0.15, 0.2) is 24.3 Å². The van der Waals surface area contributed by atoms with E-state index in [1.165, 1.54) is 114 Å². The molecule has 4 saturated carbocycles. The van der Waals surface area contributed by atoms with Crippen molar-refractivity contribution < 1.29 is 0 Å². The number of aryl methyl sites for hydroxylation is 1. The normalized spacial score (nSPS) is 33.1. The van der Waals surface area contributed by atoms with Crippen molar-refractivity contribution in [2.75, 3.05) is 0 Å². The highest BCUT2D eigenvalue weighted by Gasteiger charge is 2.51. The molecule has 2 bridgehead atoms. The van der Waals surface area contributed by atoms with E-state index in [1.807, 2.05) is 0 Å². The third-order valence-corrected chi connectivity index (χ3v) is 9.20. The molecule has 0 aliphatic heterocycles. The van der Waals surface area contributed by atoms with E-state index >= 15 is 0 Å². The lowest BCUT2D eigenvalue weighted by Crippen LogP contribution is -2.45. The highest BCUT2D eigenvalue weighted by atomic mass is 14.6. The Kier molecular flexibility index (Phi) is 7.28. The Morgan fingerprint density at radius 3 is 2.07 bits per heavy atom. The van der Waals surface area contributed by atoms with Crippen LogP contribution in [0, 0.1) is 34.5 Å². The average molecular weight is 405 g/mol. The summed E-state index contributed by atoms with van der Waals surface area (Å²) in [5.74, 6) is 9.44. The van der Waals surface area contributed by atoms with Gasteiger partial charge < -0.3 is 0 Å². The molecule has 0 unspecified atom stereocenters. The summed E-state index contributed by atoms with van der Waals surface area (Å²) < 4.78 is 0. The minimum absolute atomic E-state index is 0.335. The van der Waals surface area contributed by atoms with E-state index < -0.39 is 0 Å². The fourth-order valence-electron chi connectivity index (χ4n) is 7.01. The average Bonchev–Trinajstić information content (AvgIpc) is 2.81. The van der Waals surface area contributed by atoms with Crippen molar-refractivity contribution in [1.82, 2.24) is 0 Å². The van der Waals surface area contributed by atoms with E-state index in [1.54, 1.807) is 0 Å². The summed E-state index contributed by atoms with van der Waals surface area (Å²) in [6.07, 6.45) is 22.8. The van der Waals surface area contributed by atoms with E-state index in [4.69, 9.17) is 0 Å². The Balaban J connectivity index is 1.30. The van der Waals surface area contributed by atoms with Gasteiger partial charge in [0.2, 0.25) is 0 Å². The molecule has 0 heterocycles. The minimum atomic E-state index is 0.335. The van der Waals surface area contributed by atoms with Crippen LogP contribution in [-0.2, 0) is 6.42 Å². The molecule has 0 heteroatoms. The molecule has 4 aliphatic rings. The Hall–Kier alpha value is -1.22. The second-order valence-corrected chi connectivity index (χ2v) is 11.1. The van der Waals surface area contributed by atoms with Crippen molar-refractivity contribution in [1.29, 1.82) is 0 Å². The standard InChI is InChI=1S/C30H44/c1-3-5-6-8-26-13-15-28(16-14-26)30-22-19-29(20-23-30,21-24-30)18-17-27-11-9-25(7-4-2)10-12-27/h9-12,26,28H,3-8,13-16,19-24H2,1-2H3/t26-,28-,29?,30?. The third-order valence-electron chi connectivity index (χ3n) is 9.20. The molecule has 1 aromatic rings. The molecule has 164 valence electrons. The van der Waals surface area contributed by atoms with Gasteiger partial charge in [-0.25, -0.2) is 0 Å². The van der Waals surface area contributed by atoms with Crippen LogP contribution in [0.25, 0.3) is 0 Å². The summed E-state index contributed by atoms with van der Waals surface area (Å²) in [7, 11) is 0. The number of fused-ring (bicyclic) bond motifs is 3. The third kappa shape index (κ3) is 4.98. The molecular weight excluding hydrogens is 360 g/mol. The maximum absolute atomic E-state index is 3.80. The van der Waals surface area contributed by atoms with Crippen LogP contribution >= 0.6 is 0 Å². The lowest BCUT2D eigenvalue weighted by molar-refractivity contribution is -0.0379. The van der Waals surface area contributed by atoms with Crippen LogP contribution in [0.3, 0.4) is 0 Å². The minimum Gasteiger partial charge on any atom is -0.0911 e. The van der Waals surface area contributed by atoms with E-state index in [2.05, 4.69) is 50.0 Å². The van der Waals surface area contributed by atoms with Crippen molar-refractivity contribution in [2.24, 2.45) is 22.7 Å². The first-order chi connectivity index (χ1) is 14.7. The molecule has 5 rings (SSSR count). The first kappa shape index (κ1) is 22.0. The molecule has 0 radical (unpaired) electrons. The van der Waals surface area contributed by atoms with Crippen LogP contribution in [-0.4, -0.2) is 0 Å². The van der Waals surface area contributed by atoms with Crippen LogP contribution in [0.4, 0.5) is 0 Å². The zero-order chi connectivity index (χ0) is 20.9. The van der Waals surface area contributed by atoms with Crippen molar-refractivity contribution in [3.63, 3.8) is 0 Å². The molecule has 4 aliphatic carbocycles. The number of unbranched alkanes of at least 4 members (excludes halogenated alkanes) is 2. The molecule has 0 saturated heterocycles. The van der Waals surface area contributed by atoms with Crippen LogP contribution < -0.4 is 0 Å². The predicted molar refractivity (Wildman–Crippen MR) is 129 cm³/mol. The topological polar surface area (TPSA) is 0 Å². The van der Waals surface area contributed by atoms with Gasteiger partial charge in [0.1, 0.15) is 0 Å². The Bertz CT molecular complexity index is 695. The molecule has 30 heavy (non-hydrogen) atoms. The van der Waals surface area contributed by atoms with Crippen LogP contribution in [0.5, 0.6) is 0 Å². The first-order valence-electron chi connectivity index (χ1n) is 13.3. The molecule has 0 atom stereocenters. The smallest absolute Gasteiger partial charge is 0.0319 e. The first-order valence-corrected chi connectivity index (χ1v) is 13.3. The van der Waals surface area contributed by atoms with Crippen LogP contribution in [0.1, 0.15) is 121 Å². The van der Waals surface area contributed by atoms with Gasteiger partial charge in [0.15, 0.2) is 0 Å². The maximum atomic E-state index is 3.80. The highest BCUT2D eigenvalue weighted by molar-refractivity contribution is 5.38. The Morgan fingerprint density at radius 2 is 1.47 bits per heavy atom. The predicted octanol–water partition coefficient (Wildman–Crippen LogP) is 8.72. The molecular formula is C30H44. The number of rotatable bonds is 7. The summed E-state index contributed by atoms with van der Waals surface area (Å²) in [5.41, 5.74) is 3.69. The van der Waals surface area contributed by atoms with Gasteiger partial charge in [-0.1, -0.05) is 82.8 Å². The number of hydrogen-bond donors (Lipinski definition) is 0. The summed E-state index contributed by atoms with van der Waals surface area (Å²) >= 11 is 0. The lowest BCUT2D eigenvalue weighted by atomic mass is 9.48. The van der Waals surface area contributed by atoms with Gasteiger partial charge in [0, 0.05) is 11.0 Å². The highest BCUT2D eigenvalue weighted by Crippen LogP contribution is 2.62. The van der Waals surface area contributed by atoms with Crippen molar-refractivity contribution in [3.8, 4) is 11.8 Å². The van der Waals surface area contributed by atoms with Crippen molar-refractivity contribution in [3.05, 3.63) is 35.4 Å². The van der Waals surface area contributed by atoms with Crippen molar-refractivity contribution >= 4 is 0 Å². The second-order valence-electron chi connectivity index (χ2n) is 11.1. The SMILES string of the molecule is CCCCC[C@H]1CC[C@H](C23CCC(C#Cc4ccc(CCC)cc4)(CC2)CC3)CC1. The largest absolute Gasteiger partial charge is 0.0911 e. The fraction of sp³-hybridized carbons (Fsp3) is 0.733. The van der Waals surface area contributed by atoms with Crippen molar-refractivity contribution in [2.45, 2.75) is 117 Å². The van der Waals surface area contributed by atoms with E-state index in [9.17, 15) is 0 Å². The van der Waals surface area contributed by atoms with Gasteiger partial charge in [-0.15, -0.1) is 0 Å². The molecule has 0 amide bonds. The zero-order valence-corrected chi connectivity index (χ0v) is 19.8. The number of hydrogen-bond acceptors (Lipinski definition) is 0. The molecule has 0 aromatic heterocycles. The summed E-state index contributed by atoms with van der Waals surface area (Å²) in [6, 6.07) is 9.03. The lowest BCUT2D eigenvalue weighted by Gasteiger charge is -2.56. The molecule has 0 nitrogen and oxygen atoms in total. The van der Waals surface area contributed by atoms with Gasteiger partial charge in [-0.2, -0.15) is 0 Å². The quantitative estimate of drug-likeness (QED) is 0.315. The van der Waals surface area contributed by atoms with Gasteiger partial charge in [0.25, 0.3) is 0 Å². The van der Waals surface area contributed by atoms with Gasteiger partial charge in [0.05, 0.1) is 0 Å². The molecule has 0 spiro atoms. The van der Waals surface area contributed by atoms with E-state index in [-0.39, 0.29) is 0 Å². The molecule has 4 fully saturated rings. The van der Waals surface area contributed by atoms with Gasteiger partial charge in [-0.3, -0.25) is 0 Å². The monoisotopic (exact) mass is 404 g/mol. The Morgan fingerprint density at radius 1 is 0.800 bits per heavy atom. The second kappa shape index (κ2) is 9.94. The molecule has 0 N–H and O–H groups in total. The molecule has 1 aromatic carbocycles. The van der Waals surface area contributed by atoms with Gasteiger partial charge in [-0.05, 0) is 92.7 Å². The summed E-state index contributed by atoms with van der Waals surface area (Å²) in [5, 5.41) is 0.